The number of nitrogens with zero attached hydrogens (tertiary/aromatic N) is 4. The van der Waals surface area contributed by atoms with Crippen molar-refractivity contribution in [2.24, 2.45) is 0 Å². The number of allylic oxidation sites excluding steroid dienone is 1. The average molecular weight is 560 g/mol. The normalized spacial score (nSPS) is 13.6. The Labute approximate surface area is 233 Å². The molecule has 40 heavy (non-hydrogen) atoms. The van der Waals surface area contributed by atoms with E-state index in [0.29, 0.717) is 43.7 Å². The summed E-state index contributed by atoms with van der Waals surface area (Å²) in [4.78, 5) is 31.9. The number of anilines is 1. The minimum atomic E-state index is -4.08. The SMILES string of the molecule is CCCn1c(=O)c2[nH]c(N(C3=CCN(Cc4ccccc4)C=C3)S(=O)(=O)c3ccccc3)cc2n(CCC)c1=O. The molecule has 10 heteroatoms. The Hall–Kier alpha value is -4.31. The molecule has 1 aliphatic heterocycles. The predicted molar refractivity (Wildman–Crippen MR) is 158 cm³/mol. The smallest absolute Gasteiger partial charge is 0.331 e. The van der Waals surface area contributed by atoms with Gasteiger partial charge in [0, 0.05) is 38.4 Å². The molecule has 0 saturated heterocycles. The molecule has 0 aliphatic carbocycles. The predicted octanol–water partition coefficient (Wildman–Crippen LogP) is 4.42. The maximum Gasteiger partial charge on any atom is 0.331 e. The quantitative estimate of drug-likeness (QED) is 0.310. The van der Waals surface area contributed by atoms with Crippen molar-refractivity contribution in [2.45, 2.75) is 51.2 Å². The standard InChI is InChI=1S/C30H33N5O4S/c1-3-17-33-26-21-27(31-28(26)29(36)34(18-4-2)30(33)37)35(40(38,39)25-13-9-6-10-14-25)24-15-19-32(20-16-24)22-23-11-7-5-8-12-23/h5-16,19,21,31H,3-4,17-18,20,22H2,1-2H3. The second-order valence-corrected chi connectivity index (χ2v) is 11.5. The molecule has 0 unspecified atom stereocenters. The minimum absolute atomic E-state index is 0.115. The zero-order valence-electron chi connectivity index (χ0n) is 22.7. The Balaban J connectivity index is 1.63. The summed E-state index contributed by atoms with van der Waals surface area (Å²) in [6.45, 7) is 5.70. The Morgan fingerprint density at radius 1 is 0.900 bits per heavy atom. The van der Waals surface area contributed by atoms with Gasteiger partial charge >= 0.3 is 5.69 Å². The molecule has 2 aromatic carbocycles. The van der Waals surface area contributed by atoms with Crippen LogP contribution in [0, 0.1) is 0 Å². The highest BCUT2D eigenvalue weighted by atomic mass is 32.2. The van der Waals surface area contributed by atoms with Crippen LogP contribution < -0.4 is 15.6 Å². The number of sulfonamides is 1. The lowest BCUT2D eigenvalue weighted by Crippen LogP contribution is -2.39. The molecule has 208 valence electrons. The summed E-state index contributed by atoms with van der Waals surface area (Å²) in [7, 11) is -4.08. The van der Waals surface area contributed by atoms with Crippen LogP contribution in [0.2, 0.25) is 0 Å². The van der Waals surface area contributed by atoms with Crippen LogP contribution in [0.25, 0.3) is 11.0 Å². The van der Waals surface area contributed by atoms with Crippen LogP contribution in [0.3, 0.4) is 0 Å². The van der Waals surface area contributed by atoms with Gasteiger partial charge in [0.05, 0.1) is 16.1 Å². The summed E-state index contributed by atoms with van der Waals surface area (Å²) in [6.07, 6.45) is 6.78. The van der Waals surface area contributed by atoms with Gasteiger partial charge in [0.25, 0.3) is 15.6 Å². The van der Waals surface area contributed by atoms with Crippen molar-refractivity contribution in [1.29, 1.82) is 0 Å². The topological polar surface area (TPSA) is 100 Å². The highest BCUT2D eigenvalue weighted by Crippen LogP contribution is 2.31. The summed E-state index contributed by atoms with van der Waals surface area (Å²) in [5, 5.41) is 0. The molecule has 3 heterocycles. The number of hydrogen-bond acceptors (Lipinski definition) is 5. The number of nitrogens with one attached hydrogen (secondary N) is 1. The molecule has 1 aliphatic rings. The molecule has 0 bridgehead atoms. The van der Waals surface area contributed by atoms with E-state index < -0.39 is 21.3 Å². The van der Waals surface area contributed by atoms with E-state index >= 15 is 0 Å². The molecule has 0 saturated carbocycles. The number of fused-ring (bicyclic) bond motifs is 1. The molecule has 0 fully saturated rings. The van der Waals surface area contributed by atoms with Gasteiger partial charge in [-0.3, -0.25) is 13.9 Å². The van der Waals surface area contributed by atoms with E-state index in [0.717, 1.165) is 5.56 Å². The number of hydrogen-bond donors (Lipinski definition) is 1. The van der Waals surface area contributed by atoms with Crippen molar-refractivity contribution in [3.63, 3.8) is 0 Å². The third kappa shape index (κ3) is 5.14. The number of aryl methyl sites for hydroxylation is 1. The third-order valence-electron chi connectivity index (χ3n) is 6.84. The van der Waals surface area contributed by atoms with Gasteiger partial charge in [-0.2, -0.15) is 0 Å². The van der Waals surface area contributed by atoms with Crippen molar-refractivity contribution in [2.75, 3.05) is 10.8 Å². The second kappa shape index (κ2) is 11.4. The molecular weight excluding hydrogens is 526 g/mol. The fraction of sp³-hybridized carbons (Fsp3) is 0.267. The third-order valence-corrected chi connectivity index (χ3v) is 8.60. The van der Waals surface area contributed by atoms with Crippen LogP contribution in [-0.2, 0) is 29.7 Å². The van der Waals surface area contributed by atoms with E-state index in [2.05, 4.69) is 9.88 Å². The van der Waals surface area contributed by atoms with Crippen LogP contribution >= 0.6 is 0 Å². The van der Waals surface area contributed by atoms with Gasteiger partial charge in [0.1, 0.15) is 11.3 Å². The fourth-order valence-electron chi connectivity index (χ4n) is 4.96. The molecular formula is C30H33N5O4S. The Morgan fingerprint density at radius 2 is 1.55 bits per heavy atom. The first kappa shape index (κ1) is 27.3. The van der Waals surface area contributed by atoms with Crippen molar-refractivity contribution in [1.82, 2.24) is 19.0 Å². The van der Waals surface area contributed by atoms with E-state index in [4.69, 9.17) is 0 Å². The first-order valence-electron chi connectivity index (χ1n) is 13.5. The number of rotatable bonds is 10. The van der Waals surface area contributed by atoms with Crippen molar-refractivity contribution in [3.05, 3.63) is 117 Å². The molecule has 0 radical (unpaired) electrons. The molecule has 0 amide bonds. The van der Waals surface area contributed by atoms with Crippen LogP contribution in [0.5, 0.6) is 0 Å². The maximum atomic E-state index is 14.1. The van der Waals surface area contributed by atoms with Gasteiger partial charge in [0.2, 0.25) is 0 Å². The minimum Gasteiger partial charge on any atom is -0.369 e. The Bertz CT molecular complexity index is 1780. The van der Waals surface area contributed by atoms with Crippen molar-refractivity contribution >= 4 is 26.9 Å². The zero-order valence-corrected chi connectivity index (χ0v) is 23.5. The molecule has 0 spiro atoms. The number of aromatic nitrogens is 3. The summed E-state index contributed by atoms with van der Waals surface area (Å²) in [6, 6.07) is 19.8. The van der Waals surface area contributed by atoms with E-state index in [9.17, 15) is 18.0 Å². The van der Waals surface area contributed by atoms with E-state index in [1.54, 1.807) is 47.0 Å². The van der Waals surface area contributed by atoms with Gasteiger partial charge in [-0.05, 0) is 42.7 Å². The first-order chi connectivity index (χ1) is 19.3. The van der Waals surface area contributed by atoms with Gasteiger partial charge in [-0.15, -0.1) is 0 Å². The number of aromatic amines is 1. The molecule has 1 N–H and O–H groups in total. The van der Waals surface area contributed by atoms with Gasteiger partial charge in [0.15, 0.2) is 0 Å². The lowest BCUT2D eigenvalue weighted by molar-refractivity contribution is 0.403. The van der Waals surface area contributed by atoms with Crippen molar-refractivity contribution in [3.8, 4) is 0 Å². The fourth-order valence-corrected chi connectivity index (χ4v) is 6.44. The number of H-pyrrole nitrogens is 1. The van der Waals surface area contributed by atoms with Crippen molar-refractivity contribution < 1.29 is 8.42 Å². The highest BCUT2D eigenvalue weighted by Gasteiger charge is 2.30. The van der Waals surface area contributed by atoms with E-state index in [1.807, 2.05) is 56.5 Å². The van der Waals surface area contributed by atoms with Crippen LogP contribution in [0.15, 0.2) is 105 Å². The lowest BCUT2D eigenvalue weighted by atomic mass is 10.2. The van der Waals surface area contributed by atoms with Gasteiger partial charge in [-0.25, -0.2) is 17.5 Å². The maximum absolute atomic E-state index is 14.1. The summed E-state index contributed by atoms with van der Waals surface area (Å²) in [5.41, 5.74) is 1.33. The lowest BCUT2D eigenvalue weighted by Gasteiger charge is -2.29. The van der Waals surface area contributed by atoms with Gasteiger partial charge < -0.3 is 9.88 Å². The molecule has 4 aromatic rings. The first-order valence-corrected chi connectivity index (χ1v) is 14.9. The molecule has 9 nitrogen and oxygen atoms in total. The summed E-state index contributed by atoms with van der Waals surface area (Å²) in [5.74, 6) is 0.196. The Kier molecular flexibility index (Phi) is 7.79. The number of benzene rings is 2. The monoisotopic (exact) mass is 559 g/mol. The Morgan fingerprint density at radius 3 is 2.17 bits per heavy atom. The van der Waals surface area contributed by atoms with E-state index in [-0.39, 0.29) is 22.8 Å². The van der Waals surface area contributed by atoms with Crippen LogP contribution in [0.1, 0.15) is 32.3 Å². The molecule has 5 rings (SSSR count). The van der Waals surface area contributed by atoms with Crippen LogP contribution in [0.4, 0.5) is 5.82 Å². The summed E-state index contributed by atoms with van der Waals surface area (Å²) >= 11 is 0. The average Bonchev–Trinajstić information content (AvgIpc) is 3.40. The molecule has 2 aromatic heterocycles. The second-order valence-electron chi connectivity index (χ2n) is 9.75. The van der Waals surface area contributed by atoms with Crippen LogP contribution in [-0.4, -0.2) is 34.0 Å². The largest absolute Gasteiger partial charge is 0.369 e. The highest BCUT2D eigenvalue weighted by molar-refractivity contribution is 7.93. The molecule has 0 atom stereocenters. The zero-order chi connectivity index (χ0) is 28.3. The van der Waals surface area contributed by atoms with E-state index in [1.165, 1.54) is 8.87 Å². The van der Waals surface area contributed by atoms with Gasteiger partial charge in [-0.1, -0.05) is 62.4 Å². The summed E-state index contributed by atoms with van der Waals surface area (Å²) < 4.78 is 32.1.